The molecule has 3 rings (SSSR count). The van der Waals surface area contributed by atoms with Crippen LogP contribution in [-0.4, -0.2) is 41.8 Å². The molecule has 162 valence electrons. The number of nitrogens with one attached hydrogen (secondary N) is 1. The molecule has 8 nitrogen and oxygen atoms in total. The number of carbonyl (C=O) groups excluding carboxylic acids is 4. The molecule has 1 N–H and O–H groups in total. The molecule has 1 heterocycles. The SMILES string of the molecule is CC[C@@H](C)C(=O)N(NC(=O)c1ccccc1)[C@H]1CC(=O)N(c2cccc(OC)c2)C1=O. The lowest BCUT2D eigenvalue weighted by molar-refractivity contribution is -0.144. The van der Waals surface area contributed by atoms with Crippen molar-refractivity contribution in [1.29, 1.82) is 0 Å². The summed E-state index contributed by atoms with van der Waals surface area (Å²) in [6, 6.07) is 13.8. The Hall–Kier alpha value is -3.68. The molecule has 2 aromatic carbocycles. The maximum absolute atomic E-state index is 13.2. The predicted octanol–water partition coefficient (Wildman–Crippen LogP) is 2.55. The molecule has 1 aliphatic rings. The number of anilines is 1. The molecule has 2 atom stereocenters. The molecule has 8 heteroatoms. The van der Waals surface area contributed by atoms with Crippen LogP contribution in [0.25, 0.3) is 0 Å². The van der Waals surface area contributed by atoms with Crippen LogP contribution in [0.1, 0.15) is 37.0 Å². The van der Waals surface area contributed by atoms with Gasteiger partial charge in [-0.05, 0) is 30.7 Å². The molecule has 1 saturated heterocycles. The van der Waals surface area contributed by atoms with Crippen molar-refractivity contribution in [2.45, 2.75) is 32.7 Å². The highest BCUT2D eigenvalue weighted by atomic mass is 16.5. The van der Waals surface area contributed by atoms with Crippen molar-refractivity contribution < 1.29 is 23.9 Å². The van der Waals surface area contributed by atoms with E-state index in [0.717, 1.165) is 9.91 Å². The average molecular weight is 423 g/mol. The maximum atomic E-state index is 13.2. The minimum Gasteiger partial charge on any atom is -0.497 e. The van der Waals surface area contributed by atoms with E-state index in [0.29, 0.717) is 23.4 Å². The maximum Gasteiger partial charge on any atom is 0.269 e. The number of ether oxygens (including phenoxy) is 1. The van der Waals surface area contributed by atoms with Crippen LogP contribution in [0.5, 0.6) is 5.75 Å². The number of hydrogen-bond acceptors (Lipinski definition) is 5. The Morgan fingerprint density at radius 1 is 1.16 bits per heavy atom. The first-order chi connectivity index (χ1) is 14.9. The van der Waals surface area contributed by atoms with Crippen LogP contribution >= 0.6 is 0 Å². The summed E-state index contributed by atoms with van der Waals surface area (Å²) in [5.41, 5.74) is 3.24. The van der Waals surface area contributed by atoms with Gasteiger partial charge in [0.1, 0.15) is 11.8 Å². The molecular weight excluding hydrogens is 398 g/mol. The van der Waals surface area contributed by atoms with Crippen molar-refractivity contribution in [2.75, 3.05) is 12.0 Å². The second-order valence-corrected chi connectivity index (χ2v) is 7.31. The Morgan fingerprint density at radius 3 is 2.52 bits per heavy atom. The van der Waals surface area contributed by atoms with Gasteiger partial charge in [-0.15, -0.1) is 0 Å². The lowest BCUT2D eigenvalue weighted by Crippen LogP contribution is -2.56. The summed E-state index contributed by atoms with van der Waals surface area (Å²) in [7, 11) is 1.49. The second-order valence-electron chi connectivity index (χ2n) is 7.31. The van der Waals surface area contributed by atoms with E-state index in [4.69, 9.17) is 4.74 Å². The third kappa shape index (κ3) is 4.58. The van der Waals surface area contributed by atoms with E-state index in [2.05, 4.69) is 5.43 Å². The normalized spacial score (nSPS) is 16.7. The number of amides is 4. The van der Waals surface area contributed by atoms with Gasteiger partial charge in [-0.3, -0.25) is 24.6 Å². The number of carbonyl (C=O) groups is 4. The molecule has 0 aliphatic carbocycles. The van der Waals surface area contributed by atoms with E-state index in [9.17, 15) is 19.2 Å². The van der Waals surface area contributed by atoms with Gasteiger partial charge in [0.05, 0.1) is 19.2 Å². The van der Waals surface area contributed by atoms with Gasteiger partial charge in [0.15, 0.2) is 0 Å². The van der Waals surface area contributed by atoms with E-state index < -0.39 is 35.6 Å². The van der Waals surface area contributed by atoms with Gasteiger partial charge in [0.25, 0.3) is 11.8 Å². The van der Waals surface area contributed by atoms with E-state index >= 15 is 0 Å². The fraction of sp³-hybridized carbons (Fsp3) is 0.304. The largest absolute Gasteiger partial charge is 0.497 e. The highest BCUT2D eigenvalue weighted by Gasteiger charge is 2.46. The second kappa shape index (κ2) is 9.42. The fourth-order valence-corrected chi connectivity index (χ4v) is 3.30. The van der Waals surface area contributed by atoms with E-state index in [-0.39, 0.29) is 6.42 Å². The van der Waals surface area contributed by atoms with Crippen LogP contribution in [0.3, 0.4) is 0 Å². The zero-order valence-corrected chi connectivity index (χ0v) is 17.7. The Kier molecular flexibility index (Phi) is 6.69. The summed E-state index contributed by atoms with van der Waals surface area (Å²) in [6.45, 7) is 3.55. The molecule has 4 amide bonds. The smallest absolute Gasteiger partial charge is 0.269 e. The Labute approximate surface area is 180 Å². The van der Waals surface area contributed by atoms with Gasteiger partial charge in [0.2, 0.25) is 11.8 Å². The van der Waals surface area contributed by atoms with Crippen molar-refractivity contribution in [2.24, 2.45) is 5.92 Å². The number of benzene rings is 2. The molecule has 31 heavy (non-hydrogen) atoms. The van der Waals surface area contributed by atoms with Crippen molar-refractivity contribution in [3.05, 3.63) is 60.2 Å². The molecule has 1 aliphatic heterocycles. The van der Waals surface area contributed by atoms with Crippen LogP contribution in [-0.2, 0) is 14.4 Å². The first kappa shape index (κ1) is 22.0. The van der Waals surface area contributed by atoms with Crippen LogP contribution in [0.4, 0.5) is 5.69 Å². The predicted molar refractivity (Wildman–Crippen MR) is 114 cm³/mol. The summed E-state index contributed by atoms with van der Waals surface area (Å²) < 4.78 is 5.17. The number of hydrazine groups is 1. The van der Waals surface area contributed by atoms with Gasteiger partial charge < -0.3 is 4.74 Å². The van der Waals surface area contributed by atoms with Crippen LogP contribution in [0, 0.1) is 5.92 Å². The molecule has 2 aromatic rings. The lowest BCUT2D eigenvalue weighted by atomic mass is 10.1. The average Bonchev–Trinajstić information content (AvgIpc) is 3.10. The molecule has 0 aromatic heterocycles. The zero-order chi connectivity index (χ0) is 22.5. The minimum absolute atomic E-state index is 0.229. The van der Waals surface area contributed by atoms with Crippen molar-refractivity contribution in [3.63, 3.8) is 0 Å². The molecule has 0 radical (unpaired) electrons. The number of methoxy groups -OCH3 is 1. The molecule has 0 bridgehead atoms. The first-order valence-corrected chi connectivity index (χ1v) is 10.1. The van der Waals surface area contributed by atoms with Gasteiger partial charge >= 0.3 is 0 Å². The Bertz CT molecular complexity index is 992. The van der Waals surface area contributed by atoms with Crippen LogP contribution in [0.2, 0.25) is 0 Å². The first-order valence-electron chi connectivity index (χ1n) is 10.1. The van der Waals surface area contributed by atoms with Crippen LogP contribution < -0.4 is 15.1 Å². The Morgan fingerprint density at radius 2 is 1.87 bits per heavy atom. The Balaban J connectivity index is 1.91. The highest BCUT2D eigenvalue weighted by Crippen LogP contribution is 2.28. The summed E-state index contributed by atoms with van der Waals surface area (Å²) in [5.74, 6) is -1.94. The summed E-state index contributed by atoms with van der Waals surface area (Å²) in [5, 5.41) is 1.02. The topological polar surface area (TPSA) is 96.0 Å². The fourth-order valence-electron chi connectivity index (χ4n) is 3.30. The van der Waals surface area contributed by atoms with Crippen molar-refractivity contribution in [3.8, 4) is 5.75 Å². The quantitative estimate of drug-likeness (QED) is 0.569. The highest BCUT2D eigenvalue weighted by molar-refractivity contribution is 6.23. The van der Waals surface area contributed by atoms with E-state index in [1.54, 1.807) is 61.5 Å². The molecule has 0 saturated carbocycles. The monoisotopic (exact) mass is 423 g/mol. The standard InChI is InChI=1S/C23H25N3O5/c1-4-15(2)22(29)26(24-21(28)16-9-6-5-7-10-16)19-14-20(27)25(23(19)30)17-11-8-12-18(13-17)31-3/h5-13,15,19H,4,14H2,1-3H3,(H,24,28)/t15-,19+/m1/s1. The molecule has 0 spiro atoms. The van der Waals surface area contributed by atoms with Gasteiger partial charge in [0, 0.05) is 17.5 Å². The lowest BCUT2D eigenvalue weighted by Gasteiger charge is -2.30. The summed E-state index contributed by atoms with van der Waals surface area (Å²) in [6.07, 6.45) is 0.290. The van der Waals surface area contributed by atoms with E-state index in [1.807, 2.05) is 6.92 Å². The van der Waals surface area contributed by atoms with Gasteiger partial charge in [-0.25, -0.2) is 9.91 Å². The van der Waals surface area contributed by atoms with Crippen LogP contribution in [0.15, 0.2) is 54.6 Å². The molecule has 0 unspecified atom stereocenters. The van der Waals surface area contributed by atoms with Crippen molar-refractivity contribution >= 4 is 29.3 Å². The number of nitrogens with zero attached hydrogens (tertiary/aromatic N) is 2. The summed E-state index contributed by atoms with van der Waals surface area (Å²) in [4.78, 5) is 52.7. The van der Waals surface area contributed by atoms with Crippen molar-refractivity contribution in [1.82, 2.24) is 10.4 Å². The third-order valence-electron chi connectivity index (χ3n) is 5.28. The van der Waals surface area contributed by atoms with Gasteiger partial charge in [-0.1, -0.05) is 38.1 Å². The zero-order valence-electron chi connectivity index (χ0n) is 17.7. The number of rotatable bonds is 6. The minimum atomic E-state index is -1.13. The number of hydrogen-bond donors (Lipinski definition) is 1. The number of imide groups is 1. The molecular formula is C23H25N3O5. The van der Waals surface area contributed by atoms with Gasteiger partial charge in [-0.2, -0.15) is 0 Å². The molecule has 1 fully saturated rings. The summed E-state index contributed by atoms with van der Waals surface area (Å²) >= 11 is 0. The van der Waals surface area contributed by atoms with E-state index in [1.165, 1.54) is 7.11 Å². The third-order valence-corrected chi connectivity index (χ3v) is 5.28.